The van der Waals surface area contributed by atoms with Gasteiger partial charge in [-0.15, -0.1) is 0 Å². The van der Waals surface area contributed by atoms with Gasteiger partial charge in [-0.05, 0) is 50.8 Å². The normalized spacial score (nSPS) is 17.9. The molecule has 0 unspecified atom stereocenters. The Morgan fingerprint density at radius 1 is 1.17 bits per heavy atom. The number of urea groups is 1. The van der Waals surface area contributed by atoms with E-state index < -0.39 is 0 Å². The fourth-order valence-corrected chi connectivity index (χ4v) is 4.44. The van der Waals surface area contributed by atoms with E-state index in [1.54, 1.807) is 11.0 Å². The van der Waals surface area contributed by atoms with E-state index in [4.69, 9.17) is 9.51 Å². The highest BCUT2D eigenvalue weighted by molar-refractivity contribution is 5.95. The van der Waals surface area contributed by atoms with Gasteiger partial charge in [0.1, 0.15) is 17.3 Å². The van der Waals surface area contributed by atoms with Gasteiger partial charge in [-0.2, -0.15) is 4.98 Å². The topological polar surface area (TPSA) is 80.3 Å². The van der Waals surface area contributed by atoms with Crippen LogP contribution in [0.2, 0.25) is 0 Å². The van der Waals surface area contributed by atoms with Crippen molar-refractivity contribution in [2.45, 2.75) is 45.1 Å². The van der Waals surface area contributed by atoms with E-state index in [9.17, 15) is 9.18 Å². The van der Waals surface area contributed by atoms with Gasteiger partial charge in [0.25, 0.3) is 0 Å². The van der Waals surface area contributed by atoms with Crippen molar-refractivity contribution in [1.82, 2.24) is 24.6 Å². The molecule has 1 saturated carbocycles. The summed E-state index contributed by atoms with van der Waals surface area (Å²) in [6.07, 6.45) is 4.12. The minimum atomic E-state index is -0.373. The number of hydrogen-bond donors (Lipinski definition) is 0. The summed E-state index contributed by atoms with van der Waals surface area (Å²) in [6, 6.07) is 4.42. The van der Waals surface area contributed by atoms with Crippen LogP contribution in [0.3, 0.4) is 0 Å². The Labute approximate surface area is 172 Å². The molecule has 2 amide bonds. The van der Waals surface area contributed by atoms with Gasteiger partial charge >= 0.3 is 6.03 Å². The predicted molar refractivity (Wildman–Crippen MR) is 106 cm³/mol. The molecule has 8 nitrogen and oxygen atoms in total. The van der Waals surface area contributed by atoms with E-state index in [0.717, 1.165) is 56.0 Å². The molecule has 1 aliphatic carbocycles. The Kier molecular flexibility index (Phi) is 3.75. The molecule has 2 aliphatic heterocycles. The second kappa shape index (κ2) is 6.38. The Morgan fingerprint density at radius 3 is 2.73 bits per heavy atom. The van der Waals surface area contributed by atoms with Gasteiger partial charge in [-0.3, -0.25) is 9.47 Å². The molecule has 2 aromatic heterocycles. The number of likely N-dealkylation sites (tertiary alicyclic amines) is 1. The minimum absolute atomic E-state index is 0.109. The monoisotopic (exact) mass is 408 g/mol. The van der Waals surface area contributed by atoms with Crippen LogP contribution in [-0.4, -0.2) is 43.7 Å². The van der Waals surface area contributed by atoms with Gasteiger partial charge in [-0.25, -0.2) is 14.2 Å². The van der Waals surface area contributed by atoms with Crippen molar-refractivity contribution < 1.29 is 13.7 Å². The predicted octanol–water partition coefficient (Wildman–Crippen LogP) is 3.78. The fourth-order valence-electron chi connectivity index (χ4n) is 4.44. The molecule has 3 aliphatic rings. The number of carbonyl (C=O) groups is 1. The number of imidazole rings is 1. The van der Waals surface area contributed by atoms with Gasteiger partial charge < -0.3 is 9.42 Å². The van der Waals surface area contributed by atoms with E-state index in [2.05, 4.69) is 10.1 Å². The van der Waals surface area contributed by atoms with E-state index in [1.165, 1.54) is 12.1 Å². The summed E-state index contributed by atoms with van der Waals surface area (Å²) >= 11 is 0. The lowest BCUT2D eigenvalue weighted by Crippen LogP contribution is -2.44. The second-order valence-electron chi connectivity index (χ2n) is 8.22. The molecule has 0 radical (unpaired) electrons. The molecule has 6 rings (SSSR count). The molecule has 3 aromatic rings. The number of halogens is 1. The lowest BCUT2D eigenvalue weighted by atomic mass is 10.1. The Bertz CT molecular complexity index is 1160. The Hall–Kier alpha value is -3.23. The van der Waals surface area contributed by atoms with Crippen molar-refractivity contribution >= 4 is 11.7 Å². The summed E-state index contributed by atoms with van der Waals surface area (Å²) in [7, 11) is 0. The van der Waals surface area contributed by atoms with Gasteiger partial charge in [0.2, 0.25) is 11.7 Å². The maximum Gasteiger partial charge on any atom is 0.324 e. The highest BCUT2D eigenvalue weighted by atomic mass is 19.1. The van der Waals surface area contributed by atoms with Crippen LogP contribution in [0.15, 0.2) is 22.7 Å². The standard InChI is InChI=1S/C21H21FN6O2/c1-12-23-18(19-24-20(30-25-19)13-4-5-13)17-11-27(21(29)26-8-2-3-9-26)16-10-14(22)6-7-15(16)28(12)17/h6-7,10,13H,2-5,8-9,11H2,1H3. The molecular weight excluding hydrogens is 387 g/mol. The van der Waals surface area contributed by atoms with Crippen LogP contribution in [0.1, 0.15) is 49.0 Å². The van der Waals surface area contributed by atoms with Crippen LogP contribution in [0.25, 0.3) is 17.2 Å². The molecule has 1 saturated heterocycles. The zero-order chi connectivity index (χ0) is 20.4. The van der Waals surface area contributed by atoms with Crippen molar-refractivity contribution in [3.05, 3.63) is 41.4 Å². The first kappa shape index (κ1) is 17.6. The van der Waals surface area contributed by atoms with Crippen molar-refractivity contribution in [2.75, 3.05) is 18.0 Å². The Morgan fingerprint density at radius 2 is 1.97 bits per heavy atom. The first-order valence-electron chi connectivity index (χ1n) is 10.4. The van der Waals surface area contributed by atoms with Gasteiger partial charge in [-0.1, -0.05) is 5.16 Å². The molecule has 30 heavy (non-hydrogen) atoms. The summed E-state index contributed by atoms with van der Waals surface area (Å²) in [5.74, 6) is 1.80. The van der Waals surface area contributed by atoms with Crippen molar-refractivity contribution in [3.63, 3.8) is 0 Å². The molecule has 0 N–H and O–H groups in total. The molecular formula is C21H21FN6O2. The average Bonchev–Trinajstić information content (AvgIpc) is 3.15. The van der Waals surface area contributed by atoms with Crippen molar-refractivity contribution in [2.24, 2.45) is 0 Å². The number of carbonyl (C=O) groups excluding carboxylic acids is 1. The number of aryl methyl sites for hydroxylation is 1. The molecule has 0 bridgehead atoms. The van der Waals surface area contributed by atoms with Crippen LogP contribution in [0, 0.1) is 12.7 Å². The van der Waals surface area contributed by atoms with Gasteiger partial charge in [0.05, 0.1) is 23.6 Å². The molecule has 9 heteroatoms. The third kappa shape index (κ3) is 2.64. The summed E-state index contributed by atoms with van der Waals surface area (Å²) in [5, 5.41) is 4.15. The third-order valence-corrected chi connectivity index (χ3v) is 6.11. The first-order valence-corrected chi connectivity index (χ1v) is 10.4. The fraction of sp³-hybridized carbons (Fsp3) is 0.429. The zero-order valence-electron chi connectivity index (χ0n) is 16.6. The minimum Gasteiger partial charge on any atom is -0.339 e. The van der Waals surface area contributed by atoms with Crippen molar-refractivity contribution in [1.29, 1.82) is 0 Å². The maximum absolute atomic E-state index is 14.1. The van der Waals surface area contributed by atoms with Crippen LogP contribution in [-0.2, 0) is 6.54 Å². The first-order chi connectivity index (χ1) is 14.6. The highest BCUT2D eigenvalue weighted by Gasteiger charge is 2.36. The molecule has 0 atom stereocenters. The summed E-state index contributed by atoms with van der Waals surface area (Å²) < 4.78 is 21.5. The number of aromatic nitrogens is 4. The lowest BCUT2D eigenvalue weighted by Gasteiger charge is -2.34. The van der Waals surface area contributed by atoms with Crippen LogP contribution >= 0.6 is 0 Å². The number of fused-ring (bicyclic) bond motifs is 3. The molecule has 154 valence electrons. The van der Waals surface area contributed by atoms with E-state index in [-0.39, 0.29) is 18.4 Å². The second-order valence-corrected chi connectivity index (χ2v) is 8.22. The van der Waals surface area contributed by atoms with Crippen LogP contribution in [0.5, 0.6) is 0 Å². The van der Waals surface area contributed by atoms with Gasteiger partial charge in [0, 0.05) is 19.0 Å². The SMILES string of the molecule is Cc1nc(-c2noc(C3CC3)n2)c2n1-c1ccc(F)cc1N(C(=O)N1CCCC1)C2. The number of nitrogens with zero attached hydrogens (tertiary/aromatic N) is 6. The van der Waals surface area contributed by atoms with Crippen LogP contribution in [0.4, 0.5) is 14.9 Å². The number of rotatable bonds is 2. The maximum atomic E-state index is 14.1. The summed E-state index contributed by atoms with van der Waals surface area (Å²) in [6.45, 7) is 3.61. The van der Waals surface area contributed by atoms with E-state index >= 15 is 0 Å². The zero-order valence-corrected chi connectivity index (χ0v) is 16.6. The van der Waals surface area contributed by atoms with E-state index in [1.807, 2.05) is 16.4 Å². The average molecular weight is 408 g/mol. The molecule has 4 heterocycles. The smallest absolute Gasteiger partial charge is 0.324 e. The Balaban J connectivity index is 1.48. The quantitative estimate of drug-likeness (QED) is 0.645. The van der Waals surface area contributed by atoms with Crippen molar-refractivity contribution in [3.8, 4) is 17.2 Å². The van der Waals surface area contributed by atoms with Gasteiger partial charge in [0.15, 0.2) is 0 Å². The molecule has 1 aromatic carbocycles. The number of anilines is 1. The largest absolute Gasteiger partial charge is 0.339 e. The van der Waals surface area contributed by atoms with E-state index in [0.29, 0.717) is 29.0 Å². The summed E-state index contributed by atoms with van der Waals surface area (Å²) in [4.78, 5) is 26.0. The summed E-state index contributed by atoms with van der Waals surface area (Å²) in [5.41, 5.74) is 2.70. The number of amides is 2. The molecule has 2 fully saturated rings. The van der Waals surface area contributed by atoms with Crippen LogP contribution < -0.4 is 4.90 Å². The highest BCUT2D eigenvalue weighted by Crippen LogP contribution is 2.41. The lowest BCUT2D eigenvalue weighted by molar-refractivity contribution is 0.214. The third-order valence-electron chi connectivity index (χ3n) is 6.11. The number of benzene rings is 1. The number of hydrogen-bond acceptors (Lipinski definition) is 5. The molecule has 0 spiro atoms.